The summed E-state index contributed by atoms with van der Waals surface area (Å²) in [5, 5.41) is 12.2. The summed E-state index contributed by atoms with van der Waals surface area (Å²) in [6.45, 7) is 5.94. The highest BCUT2D eigenvalue weighted by Gasteiger charge is 2.11. The quantitative estimate of drug-likeness (QED) is 0.330. The van der Waals surface area contributed by atoms with Gasteiger partial charge < -0.3 is 9.72 Å². The van der Waals surface area contributed by atoms with Crippen LogP contribution in [0, 0.1) is 6.92 Å². The number of amides is 1. The number of ether oxygens (including phenoxy) is 1. The van der Waals surface area contributed by atoms with E-state index < -0.39 is 0 Å². The van der Waals surface area contributed by atoms with E-state index in [-0.39, 0.29) is 12.0 Å². The van der Waals surface area contributed by atoms with Crippen molar-refractivity contribution in [3.63, 3.8) is 0 Å². The number of rotatable bonds is 6. The van der Waals surface area contributed by atoms with E-state index >= 15 is 0 Å². The molecule has 0 saturated carbocycles. The maximum absolute atomic E-state index is 12.4. The van der Waals surface area contributed by atoms with Gasteiger partial charge in [-0.3, -0.25) is 9.89 Å². The number of carbonyl (C=O) groups is 1. The lowest BCUT2D eigenvalue weighted by Gasteiger charge is -2.09. The molecule has 2 aromatic carbocycles. The Morgan fingerprint density at radius 2 is 1.93 bits per heavy atom. The van der Waals surface area contributed by atoms with E-state index in [1.807, 2.05) is 69.3 Å². The van der Waals surface area contributed by atoms with Crippen LogP contribution in [0.4, 0.5) is 0 Å². The first-order chi connectivity index (χ1) is 14.5. The van der Waals surface area contributed by atoms with Crippen LogP contribution < -0.4 is 10.2 Å². The van der Waals surface area contributed by atoms with Gasteiger partial charge in [0.15, 0.2) is 0 Å². The molecule has 0 radical (unpaired) electrons. The topological polar surface area (TPSA) is 95.2 Å². The summed E-state index contributed by atoms with van der Waals surface area (Å²) in [5.41, 5.74) is 7.41. The van der Waals surface area contributed by atoms with Gasteiger partial charge in [-0.2, -0.15) is 10.2 Å². The number of aromatic amines is 2. The highest BCUT2D eigenvalue weighted by Crippen LogP contribution is 2.22. The summed E-state index contributed by atoms with van der Waals surface area (Å²) in [7, 11) is 0. The van der Waals surface area contributed by atoms with E-state index in [4.69, 9.17) is 4.74 Å². The number of benzene rings is 2. The zero-order valence-electron chi connectivity index (χ0n) is 17.1. The van der Waals surface area contributed by atoms with E-state index in [0.29, 0.717) is 11.4 Å². The van der Waals surface area contributed by atoms with Gasteiger partial charge in [-0.05, 0) is 57.2 Å². The van der Waals surface area contributed by atoms with Crippen LogP contribution in [-0.4, -0.2) is 33.4 Å². The van der Waals surface area contributed by atoms with Gasteiger partial charge in [-0.15, -0.1) is 0 Å². The summed E-state index contributed by atoms with van der Waals surface area (Å²) in [6.07, 6.45) is 1.77. The molecule has 0 saturated heterocycles. The third kappa shape index (κ3) is 4.10. The molecular weight excluding hydrogens is 378 g/mol. The van der Waals surface area contributed by atoms with Crippen molar-refractivity contribution in [1.29, 1.82) is 0 Å². The molecule has 152 valence electrons. The van der Waals surface area contributed by atoms with Crippen molar-refractivity contribution in [2.75, 3.05) is 0 Å². The van der Waals surface area contributed by atoms with Crippen LogP contribution >= 0.6 is 0 Å². The number of hydrogen-bond donors (Lipinski definition) is 3. The molecule has 3 N–H and O–H groups in total. The van der Waals surface area contributed by atoms with Crippen LogP contribution in [0.15, 0.2) is 59.7 Å². The van der Waals surface area contributed by atoms with E-state index in [9.17, 15) is 4.79 Å². The van der Waals surface area contributed by atoms with Gasteiger partial charge in [0.2, 0.25) is 0 Å². The van der Waals surface area contributed by atoms with Gasteiger partial charge in [-0.1, -0.05) is 18.2 Å². The summed E-state index contributed by atoms with van der Waals surface area (Å²) >= 11 is 0. The molecule has 4 aromatic rings. The Hall–Kier alpha value is -3.87. The molecule has 7 nitrogen and oxygen atoms in total. The molecule has 0 unspecified atom stereocenters. The van der Waals surface area contributed by atoms with Crippen LogP contribution in [0.3, 0.4) is 0 Å². The second-order valence-electron chi connectivity index (χ2n) is 7.27. The Balaban J connectivity index is 1.44. The molecule has 1 amide bonds. The summed E-state index contributed by atoms with van der Waals surface area (Å²) in [5.74, 6) is 0.436. The minimum absolute atomic E-state index is 0.116. The zero-order chi connectivity index (χ0) is 21.1. The Labute approximate surface area is 174 Å². The third-order valence-electron chi connectivity index (χ3n) is 4.65. The number of nitrogens with zero attached hydrogens (tertiary/aromatic N) is 2. The average molecular weight is 401 g/mol. The van der Waals surface area contributed by atoms with Crippen molar-refractivity contribution >= 4 is 23.0 Å². The van der Waals surface area contributed by atoms with Crippen LogP contribution in [0.5, 0.6) is 5.75 Å². The molecule has 2 aromatic heterocycles. The maximum atomic E-state index is 12.4. The standard InChI is InChI=1S/C23H23N5O2/c1-14(2)30-17-10-8-16(9-11-17)21-12-22(27-26-21)23(29)28-24-13-19-15(3)25-20-7-5-4-6-18(19)20/h4-14,25H,1-3H3,(H,26,27)(H,28,29)/b24-13+. The molecule has 0 aliphatic rings. The molecule has 7 heteroatoms. The SMILES string of the molecule is Cc1[nH]c2ccccc2c1/C=N/NC(=O)c1cc(-c2ccc(OC(C)C)cc2)n[nH]1. The number of aromatic nitrogens is 3. The van der Waals surface area contributed by atoms with Crippen LogP contribution in [-0.2, 0) is 0 Å². The fourth-order valence-electron chi connectivity index (χ4n) is 3.24. The average Bonchev–Trinajstić information content (AvgIpc) is 3.33. The first-order valence-corrected chi connectivity index (χ1v) is 9.74. The lowest BCUT2D eigenvalue weighted by Crippen LogP contribution is -2.18. The molecular formula is C23H23N5O2. The number of H-pyrrole nitrogens is 2. The summed E-state index contributed by atoms with van der Waals surface area (Å²) < 4.78 is 5.65. The predicted molar refractivity (Wildman–Crippen MR) is 118 cm³/mol. The number of carbonyl (C=O) groups excluding carboxylic acids is 1. The summed E-state index contributed by atoms with van der Waals surface area (Å²) in [4.78, 5) is 15.7. The molecule has 30 heavy (non-hydrogen) atoms. The number of aryl methyl sites for hydroxylation is 1. The molecule has 0 spiro atoms. The van der Waals surface area contributed by atoms with Gasteiger partial charge in [0.25, 0.3) is 5.91 Å². The van der Waals surface area contributed by atoms with Crippen LogP contribution in [0.2, 0.25) is 0 Å². The Bertz CT molecular complexity index is 1200. The van der Waals surface area contributed by atoms with E-state index in [1.165, 1.54) is 0 Å². The van der Waals surface area contributed by atoms with Crippen LogP contribution in [0.1, 0.15) is 35.6 Å². The van der Waals surface area contributed by atoms with E-state index in [1.54, 1.807) is 12.3 Å². The Morgan fingerprint density at radius 3 is 2.70 bits per heavy atom. The van der Waals surface area contributed by atoms with Gasteiger partial charge in [0.05, 0.1) is 18.0 Å². The highest BCUT2D eigenvalue weighted by atomic mass is 16.5. The Kier molecular flexibility index (Phi) is 5.34. The van der Waals surface area contributed by atoms with E-state index in [2.05, 4.69) is 25.7 Å². The fourth-order valence-corrected chi connectivity index (χ4v) is 3.24. The molecule has 4 rings (SSSR count). The van der Waals surface area contributed by atoms with Gasteiger partial charge >= 0.3 is 0 Å². The first-order valence-electron chi connectivity index (χ1n) is 9.74. The molecule has 2 heterocycles. The van der Waals surface area contributed by atoms with Gasteiger partial charge in [0, 0.05) is 27.7 Å². The number of hydrogen-bond acceptors (Lipinski definition) is 4. The molecule has 0 bridgehead atoms. The number of nitrogens with one attached hydrogen (secondary N) is 3. The largest absolute Gasteiger partial charge is 0.491 e. The Morgan fingerprint density at radius 1 is 1.17 bits per heavy atom. The highest BCUT2D eigenvalue weighted by molar-refractivity contribution is 6.01. The lowest BCUT2D eigenvalue weighted by molar-refractivity contribution is 0.0950. The monoisotopic (exact) mass is 401 g/mol. The summed E-state index contributed by atoms with van der Waals surface area (Å²) in [6, 6.07) is 17.3. The van der Waals surface area contributed by atoms with Crippen molar-refractivity contribution in [3.8, 4) is 17.0 Å². The third-order valence-corrected chi connectivity index (χ3v) is 4.65. The smallest absolute Gasteiger partial charge is 0.289 e. The van der Waals surface area contributed by atoms with Crippen molar-refractivity contribution in [2.45, 2.75) is 26.9 Å². The van der Waals surface area contributed by atoms with Crippen LogP contribution in [0.25, 0.3) is 22.2 Å². The maximum Gasteiger partial charge on any atom is 0.289 e. The normalized spacial score (nSPS) is 11.5. The van der Waals surface area contributed by atoms with Crippen molar-refractivity contribution in [3.05, 3.63) is 71.5 Å². The molecule has 0 aliphatic carbocycles. The minimum atomic E-state index is -0.359. The van der Waals surface area contributed by atoms with Crippen molar-refractivity contribution < 1.29 is 9.53 Å². The van der Waals surface area contributed by atoms with Gasteiger partial charge in [-0.25, -0.2) is 5.43 Å². The van der Waals surface area contributed by atoms with Gasteiger partial charge in [0.1, 0.15) is 11.4 Å². The van der Waals surface area contributed by atoms with Crippen molar-refractivity contribution in [1.82, 2.24) is 20.6 Å². The second-order valence-corrected chi connectivity index (χ2v) is 7.27. The predicted octanol–water partition coefficient (Wildman–Crippen LogP) is 4.42. The molecule has 0 aliphatic heterocycles. The molecule has 0 atom stereocenters. The lowest BCUT2D eigenvalue weighted by atomic mass is 10.1. The number of hydrazone groups is 1. The van der Waals surface area contributed by atoms with E-state index in [0.717, 1.165) is 33.5 Å². The first kappa shape index (κ1) is 19.4. The number of fused-ring (bicyclic) bond motifs is 1. The second kappa shape index (κ2) is 8.24. The number of para-hydroxylation sites is 1. The fraction of sp³-hybridized carbons (Fsp3) is 0.174. The zero-order valence-corrected chi connectivity index (χ0v) is 17.1. The molecule has 0 fully saturated rings. The van der Waals surface area contributed by atoms with Crippen molar-refractivity contribution in [2.24, 2.45) is 5.10 Å². The minimum Gasteiger partial charge on any atom is -0.491 e.